The summed E-state index contributed by atoms with van der Waals surface area (Å²) >= 11 is 6.01. The van der Waals surface area contributed by atoms with Gasteiger partial charge in [0.05, 0.1) is 13.7 Å². The van der Waals surface area contributed by atoms with E-state index in [4.69, 9.17) is 16.3 Å². The highest BCUT2D eigenvalue weighted by molar-refractivity contribution is 6.30. The van der Waals surface area contributed by atoms with Gasteiger partial charge in [0.15, 0.2) is 11.8 Å². The second-order valence-electron chi connectivity index (χ2n) is 6.07. The van der Waals surface area contributed by atoms with Crippen molar-refractivity contribution in [1.29, 1.82) is 0 Å². The minimum absolute atomic E-state index is 0.486. The lowest BCUT2D eigenvalue weighted by atomic mass is 10.1. The number of aromatic nitrogens is 3. The molecular formula is C20H23ClN6O. The number of guanidine groups is 1. The minimum atomic E-state index is 0.486. The molecule has 0 spiro atoms. The molecule has 7 nitrogen and oxygen atoms in total. The van der Waals surface area contributed by atoms with E-state index in [1.807, 2.05) is 42.5 Å². The number of halogens is 1. The first-order valence-corrected chi connectivity index (χ1v) is 9.30. The number of hydrogen-bond acceptors (Lipinski definition) is 4. The molecule has 0 saturated carbocycles. The largest absolute Gasteiger partial charge is 0.497 e. The number of H-pyrrole nitrogens is 1. The van der Waals surface area contributed by atoms with Crippen LogP contribution in [0.4, 0.5) is 0 Å². The predicted octanol–water partition coefficient (Wildman–Crippen LogP) is 3.04. The fourth-order valence-electron chi connectivity index (χ4n) is 2.65. The molecule has 3 N–H and O–H groups in total. The lowest BCUT2D eigenvalue weighted by Crippen LogP contribution is -2.38. The molecule has 0 atom stereocenters. The molecule has 0 aliphatic rings. The molecule has 0 amide bonds. The summed E-state index contributed by atoms with van der Waals surface area (Å²) in [5.41, 5.74) is 2.10. The molecule has 3 rings (SSSR count). The van der Waals surface area contributed by atoms with Crippen molar-refractivity contribution in [2.75, 3.05) is 20.7 Å². The van der Waals surface area contributed by atoms with Crippen molar-refractivity contribution < 1.29 is 4.74 Å². The lowest BCUT2D eigenvalue weighted by Gasteiger charge is -2.10. The SMILES string of the molecule is CN=C(NCCc1cccc(Cl)c1)NCc1nc(-c2ccc(OC)cc2)n[nH]1. The van der Waals surface area contributed by atoms with Crippen LogP contribution in [0.2, 0.25) is 5.02 Å². The number of hydrogen-bond donors (Lipinski definition) is 3. The molecule has 0 bridgehead atoms. The average Bonchev–Trinajstić information content (AvgIpc) is 3.19. The highest BCUT2D eigenvalue weighted by Gasteiger charge is 2.07. The van der Waals surface area contributed by atoms with Gasteiger partial charge in [0.2, 0.25) is 0 Å². The number of aliphatic imine (C=N–C) groups is 1. The van der Waals surface area contributed by atoms with Gasteiger partial charge < -0.3 is 15.4 Å². The molecule has 3 aromatic rings. The van der Waals surface area contributed by atoms with E-state index in [0.29, 0.717) is 18.3 Å². The van der Waals surface area contributed by atoms with Crippen LogP contribution in [-0.4, -0.2) is 41.8 Å². The lowest BCUT2D eigenvalue weighted by molar-refractivity contribution is 0.415. The van der Waals surface area contributed by atoms with E-state index in [9.17, 15) is 0 Å². The molecule has 0 fully saturated rings. The Morgan fingerprint density at radius 1 is 1.18 bits per heavy atom. The third-order valence-corrected chi connectivity index (χ3v) is 4.36. The van der Waals surface area contributed by atoms with Crippen LogP contribution < -0.4 is 15.4 Å². The van der Waals surface area contributed by atoms with E-state index >= 15 is 0 Å². The predicted molar refractivity (Wildman–Crippen MR) is 112 cm³/mol. The van der Waals surface area contributed by atoms with E-state index in [1.54, 1.807) is 14.2 Å². The summed E-state index contributed by atoms with van der Waals surface area (Å²) in [6.45, 7) is 1.23. The number of rotatable bonds is 7. The highest BCUT2D eigenvalue weighted by Crippen LogP contribution is 2.18. The molecule has 146 valence electrons. The maximum atomic E-state index is 6.01. The Hall–Kier alpha value is -3.06. The first-order chi connectivity index (χ1) is 13.7. The van der Waals surface area contributed by atoms with Crippen molar-refractivity contribution in [2.24, 2.45) is 4.99 Å². The molecule has 0 saturated heterocycles. The van der Waals surface area contributed by atoms with Crippen LogP contribution in [0.5, 0.6) is 5.75 Å². The molecule has 0 aliphatic carbocycles. The summed E-state index contributed by atoms with van der Waals surface area (Å²) in [4.78, 5) is 8.74. The third-order valence-electron chi connectivity index (χ3n) is 4.12. The summed E-state index contributed by atoms with van der Waals surface area (Å²) in [6.07, 6.45) is 0.852. The van der Waals surface area contributed by atoms with Gasteiger partial charge in [-0.2, -0.15) is 5.10 Å². The summed E-state index contributed by atoms with van der Waals surface area (Å²) in [5.74, 6) is 2.87. The monoisotopic (exact) mass is 398 g/mol. The summed E-state index contributed by atoms with van der Waals surface area (Å²) in [5, 5.41) is 14.5. The van der Waals surface area contributed by atoms with Gasteiger partial charge in [-0.3, -0.25) is 10.1 Å². The number of nitrogens with one attached hydrogen (secondary N) is 3. The molecule has 28 heavy (non-hydrogen) atoms. The van der Waals surface area contributed by atoms with Crippen molar-refractivity contribution in [3.8, 4) is 17.1 Å². The van der Waals surface area contributed by atoms with E-state index < -0.39 is 0 Å². The van der Waals surface area contributed by atoms with Gasteiger partial charge in [0.1, 0.15) is 11.6 Å². The fourth-order valence-corrected chi connectivity index (χ4v) is 2.86. The Kier molecular flexibility index (Phi) is 6.86. The minimum Gasteiger partial charge on any atom is -0.497 e. The van der Waals surface area contributed by atoms with Gasteiger partial charge >= 0.3 is 0 Å². The van der Waals surface area contributed by atoms with E-state index in [-0.39, 0.29) is 0 Å². The summed E-state index contributed by atoms with van der Waals surface area (Å²) in [7, 11) is 3.37. The van der Waals surface area contributed by atoms with Gasteiger partial charge in [0, 0.05) is 24.2 Å². The number of methoxy groups -OCH3 is 1. The second-order valence-corrected chi connectivity index (χ2v) is 6.50. The van der Waals surface area contributed by atoms with Crippen molar-refractivity contribution in [3.63, 3.8) is 0 Å². The fraction of sp³-hybridized carbons (Fsp3) is 0.250. The molecule has 2 aromatic carbocycles. The van der Waals surface area contributed by atoms with Crippen molar-refractivity contribution >= 4 is 17.6 Å². The van der Waals surface area contributed by atoms with Gasteiger partial charge in [-0.05, 0) is 48.4 Å². The Bertz CT molecular complexity index is 922. The Balaban J connectivity index is 1.49. The van der Waals surface area contributed by atoms with Crippen LogP contribution in [0.15, 0.2) is 53.5 Å². The van der Waals surface area contributed by atoms with Crippen LogP contribution in [-0.2, 0) is 13.0 Å². The zero-order chi connectivity index (χ0) is 19.8. The zero-order valence-corrected chi connectivity index (χ0v) is 16.6. The molecule has 8 heteroatoms. The third kappa shape index (κ3) is 5.47. The number of aromatic amines is 1. The van der Waals surface area contributed by atoms with Crippen molar-refractivity contribution in [2.45, 2.75) is 13.0 Å². The summed E-state index contributed by atoms with van der Waals surface area (Å²) in [6, 6.07) is 15.5. The van der Waals surface area contributed by atoms with Crippen molar-refractivity contribution in [3.05, 3.63) is 64.9 Å². The van der Waals surface area contributed by atoms with E-state index in [2.05, 4.69) is 36.9 Å². The van der Waals surface area contributed by atoms with Crippen LogP contribution in [0.3, 0.4) is 0 Å². The molecule has 1 heterocycles. The smallest absolute Gasteiger partial charge is 0.191 e. The van der Waals surface area contributed by atoms with Gasteiger partial charge in [-0.1, -0.05) is 23.7 Å². The Morgan fingerprint density at radius 3 is 2.71 bits per heavy atom. The number of benzene rings is 2. The van der Waals surface area contributed by atoms with E-state index in [0.717, 1.165) is 35.1 Å². The molecule has 0 aliphatic heterocycles. The maximum Gasteiger partial charge on any atom is 0.191 e. The first-order valence-electron chi connectivity index (χ1n) is 8.92. The van der Waals surface area contributed by atoms with Crippen LogP contribution in [0.25, 0.3) is 11.4 Å². The van der Waals surface area contributed by atoms with Gasteiger partial charge in [-0.25, -0.2) is 4.98 Å². The normalized spacial score (nSPS) is 11.3. The highest BCUT2D eigenvalue weighted by atomic mass is 35.5. The molecule has 0 radical (unpaired) electrons. The van der Waals surface area contributed by atoms with Gasteiger partial charge in [0.25, 0.3) is 0 Å². The number of nitrogens with zero attached hydrogens (tertiary/aromatic N) is 3. The number of ether oxygens (including phenoxy) is 1. The van der Waals surface area contributed by atoms with Crippen LogP contribution in [0, 0.1) is 0 Å². The maximum absolute atomic E-state index is 6.01. The van der Waals surface area contributed by atoms with Crippen LogP contribution in [0.1, 0.15) is 11.4 Å². The van der Waals surface area contributed by atoms with Gasteiger partial charge in [-0.15, -0.1) is 0 Å². The zero-order valence-electron chi connectivity index (χ0n) is 15.9. The van der Waals surface area contributed by atoms with Crippen LogP contribution >= 0.6 is 11.6 Å². The van der Waals surface area contributed by atoms with E-state index in [1.165, 1.54) is 5.56 Å². The molecule has 1 aromatic heterocycles. The first kappa shape index (κ1) is 19.7. The molecule has 0 unspecified atom stereocenters. The Labute approximate surface area is 169 Å². The summed E-state index contributed by atoms with van der Waals surface area (Å²) < 4.78 is 5.17. The van der Waals surface area contributed by atoms with Crippen molar-refractivity contribution in [1.82, 2.24) is 25.8 Å². The second kappa shape index (κ2) is 9.75. The topological polar surface area (TPSA) is 87.2 Å². The quantitative estimate of drug-likeness (QED) is 0.420. The average molecular weight is 399 g/mol. The standard InChI is InChI=1S/C20H23ClN6O/c1-22-20(23-11-10-14-4-3-5-16(21)12-14)24-13-18-25-19(27-26-18)15-6-8-17(28-2)9-7-15/h3-9,12H,10-11,13H2,1-2H3,(H2,22,23,24)(H,25,26,27). The Morgan fingerprint density at radius 2 is 2.00 bits per heavy atom. The molecular weight excluding hydrogens is 376 g/mol.